The molecule has 0 unspecified atom stereocenters. The molecule has 28 heavy (non-hydrogen) atoms. The molecule has 3 aliphatic rings. The average molecular weight is 386 g/mol. The van der Waals surface area contributed by atoms with E-state index in [1.807, 2.05) is 25.1 Å². The zero-order valence-electron chi connectivity index (χ0n) is 16.1. The molecule has 2 heterocycles. The van der Waals surface area contributed by atoms with E-state index >= 15 is 0 Å². The normalized spacial score (nSPS) is 24.7. The lowest BCUT2D eigenvalue weighted by atomic mass is 9.81. The van der Waals surface area contributed by atoms with Crippen molar-refractivity contribution in [2.45, 2.75) is 45.1 Å². The van der Waals surface area contributed by atoms with Crippen LogP contribution in [0.3, 0.4) is 0 Å². The first-order valence-corrected chi connectivity index (χ1v) is 10.1. The molecule has 3 atom stereocenters. The van der Waals surface area contributed by atoms with Crippen LogP contribution in [0.15, 0.2) is 18.2 Å². The Kier molecular flexibility index (Phi) is 5.24. The van der Waals surface area contributed by atoms with E-state index in [2.05, 4.69) is 5.32 Å². The number of rotatable bonds is 5. The largest absolute Gasteiger partial charge is 0.486 e. The Morgan fingerprint density at radius 3 is 2.43 bits per heavy atom. The molecule has 1 saturated heterocycles. The number of carbonyl (C=O) groups excluding carboxylic acids is 3. The van der Waals surface area contributed by atoms with E-state index in [1.165, 1.54) is 4.90 Å². The van der Waals surface area contributed by atoms with Gasteiger partial charge >= 0.3 is 0 Å². The molecule has 2 aliphatic heterocycles. The average Bonchev–Trinajstić information content (AvgIpc) is 2.96. The summed E-state index contributed by atoms with van der Waals surface area (Å²) in [6.45, 7) is 3.10. The van der Waals surface area contributed by atoms with Crippen LogP contribution in [-0.2, 0) is 14.4 Å². The van der Waals surface area contributed by atoms with Crippen molar-refractivity contribution in [3.63, 3.8) is 0 Å². The minimum absolute atomic E-state index is 0.0950. The molecular weight excluding hydrogens is 360 g/mol. The zero-order valence-corrected chi connectivity index (χ0v) is 16.1. The van der Waals surface area contributed by atoms with Crippen LogP contribution in [0.4, 0.5) is 0 Å². The quantitative estimate of drug-likeness (QED) is 0.784. The third-order valence-corrected chi connectivity index (χ3v) is 5.94. The Morgan fingerprint density at radius 2 is 1.75 bits per heavy atom. The second-order valence-corrected chi connectivity index (χ2v) is 7.77. The number of carbonyl (C=O) groups is 3. The van der Waals surface area contributed by atoms with E-state index in [9.17, 15) is 14.4 Å². The lowest BCUT2D eigenvalue weighted by Crippen LogP contribution is -2.36. The van der Waals surface area contributed by atoms with Crippen LogP contribution in [0, 0.1) is 11.8 Å². The number of nitrogens with zero attached hydrogens (tertiary/aromatic N) is 1. The molecule has 3 amide bonds. The maximum atomic E-state index is 12.5. The maximum Gasteiger partial charge on any atom is 0.233 e. The van der Waals surface area contributed by atoms with Crippen LogP contribution in [0.1, 0.15) is 50.6 Å². The summed E-state index contributed by atoms with van der Waals surface area (Å²) in [5.41, 5.74) is 0.914. The molecule has 0 spiro atoms. The summed E-state index contributed by atoms with van der Waals surface area (Å²) in [5.74, 6) is 0.686. The van der Waals surface area contributed by atoms with Crippen LogP contribution in [0.2, 0.25) is 0 Å². The molecule has 7 nitrogen and oxygen atoms in total. The molecule has 1 aromatic rings. The Labute approximate surface area is 164 Å². The smallest absolute Gasteiger partial charge is 0.233 e. The molecule has 0 radical (unpaired) electrons. The van der Waals surface area contributed by atoms with E-state index in [0.29, 0.717) is 24.7 Å². The lowest BCUT2D eigenvalue weighted by molar-refractivity contribution is -0.140. The summed E-state index contributed by atoms with van der Waals surface area (Å²) < 4.78 is 11.1. The minimum Gasteiger partial charge on any atom is -0.486 e. The van der Waals surface area contributed by atoms with E-state index < -0.39 is 0 Å². The van der Waals surface area contributed by atoms with Gasteiger partial charge in [-0.15, -0.1) is 0 Å². The number of likely N-dealkylation sites (tertiary alicyclic amines) is 1. The van der Waals surface area contributed by atoms with Crippen LogP contribution < -0.4 is 14.8 Å². The number of ether oxygens (including phenoxy) is 2. The first kappa shape index (κ1) is 18.8. The van der Waals surface area contributed by atoms with Crippen molar-refractivity contribution in [1.82, 2.24) is 10.2 Å². The van der Waals surface area contributed by atoms with Crippen LogP contribution >= 0.6 is 0 Å². The Bertz CT molecular complexity index is 769. The number of imide groups is 1. The number of nitrogens with one attached hydrogen (secondary N) is 1. The second-order valence-electron chi connectivity index (χ2n) is 7.77. The fourth-order valence-corrected chi connectivity index (χ4v) is 4.39. The van der Waals surface area contributed by atoms with Gasteiger partial charge in [0.25, 0.3) is 0 Å². The van der Waals surface area contributed by atoms with Gasteiger partial charge < -0.3 is 14.8 Å². The molecule has 0 bridgehead atoms. The monoisotopic (exact) mass is 386 g/mol. The molecular formula is C21H26N2O5. The van der Waals surface area contributed by atoms with Gasteiger partial charge in [0.1, 0.15) is 13.2 Å². The van der Waals surface area contributed by atoms with Crippen LogP contribution in [0.5, 0.6) is 11.5 Å². The molecule has 4 rings (SSSR count). The van der Waals surface area contributed by atoms with Gasteiger partial charge in [0, 0.05) is 13.0 Å². The number of fused-ring (bicyclic) bond motifs is 2. The third-order valence-electron chi connectivity index (χ3n) is 5.94. The summed E-state index contributed by atoms with van der Waals surface area (Å²) in [6, 6.07) is 5.40. The van der Waals surface area contributed by atoms with Crippen molar-refractivity contribution in [2.24, 2.45) is 11.8 Å². The molecule has 7 heteroatoms. The topological polar surface area (TPSA) is 84.9 Å². The van der Waals surface area contributed by atoms with E-state index in [4.69, 9.17) is 9.47 Å². The fourth-order valence-electron chi connectivity index (χ4n) is 4.39. The number of benzene rings is 1. The molecule has 0 aromatic heterocycles. The Balaban J connectivity index is 1.32. The van der Waals surface area contributed by atoms with Crippen molar-refractivity contribution < 1.29 is 23.9 Å². The SMILES string of the molecule is C[C@@H](NC(=O)CCN1C(=O)[C@H]2CCCC[C@H]2C1=O)c1ccc2c(c1)OCCO2. The van der Waals surface area contributed by atoms with Crippen molar-refractivity contribution in [3.05, 3.63) is 23.8 Å². The molecule has 1 aliphatic carbocycles. The lowest BCUT2D eigenvalue weighted by Gasteiger charge is -2.21. The highest BCUT2D eigenvalue weighted by atomic mass is 16.6. The number of hydrogen-bond donors (Lipinski definition) is 1. The van der Waals surface area contributed by atoms with Gasteiger partial charge in [-0.1, -0.05) is 18.9 Å². The van der Waals surface area contributed by atoms with Gasteiger partial charge in [0.15, 0.2) is 11.5 Å². The molecule has 150 valence electrons. The zero-order chi connectivity index (χ0) is 19.7. The molecule has 1 N–H and O–H groups in total. The summed E-state index contributed by atoms with van der Waals surface area (Å²) in [7, 11) is 0. The standard InChI is InChI=1S/C21H26N2O5/c1-13(14-6-7-17-18(12-14)28-11-10-27-17)22-19(24)8-9-23-20(25)15-4-2-3-5-16(15)21(23)26/h6-7,12-13,15-16H,2-5,8-11H2,1H3,(H,22,24)/t13-,15-,16+/m1/s1. The highest BCUT2D eigenvalue weighted by Gasteiger charge is 2.47. The van der Waals surface area contributed by atoms with Gasteiger partial charge in [-0.25, -0.2) is 0 Å². The number of amides is 3. The maximum absolute atomic E-state index is 12.5. The van der Waals surface area contributed by atoms with Crippen molar-refractivity contribution >= 4 is 17.7 Å². The predicted molar refractivity (Wildman–Crippen MR) is 101 cm³/mol. The Hall–Kier alpha value is -2.57. The van der Waals surface area contributed by atoms with E-state index in [0.717, 1.165) is 31.2 Å². The highest BCUT2D eigenvalue weighted by Crippen LogP contribution is 2.38. The molecule has 1 saturated carbocycles. The fraction of sp³-hybridized carbons (Fsp3) is 0.571. The van der Waals surface area contributed by atoms with Crippen molar-refractivity contribution in [2.75, 3.05) is 19.8 Å². The third kappa shape index (κ3) is 3.57. The van der Waals surface area contributed by atoms with E-state index in [-0.39, 0.29) is 48.6 Å². The molecule has 1 aromatic carbocycles. The van der Waals surface area contributed by atoms with Gasteiger partial charge in [-0.2, -0.15) is 0 Å². The predicted octanol–water partition coefficient (Wildman–Crippen LogP) is 2.20. The highest BCUT2D eigenvalue weighted by molar-refractivity contribution is 6.05. The summed E-state index contributed by atoms with van der Waals surface area (Å²) in [6.07, 6.45) is 3.70. The minimum atomic E-state index is -0.212. The van der Waals surface area contributed by atoms with Gasteiger partial charge in [0.2, 0.25) is 17.7 Å². The van der Waals surface area contributed by atoms with Crippen molar-refractivity contribution in [1.29, 1.82) is 0 Å². The van der Waals surface area contributed by atoms with Crippen LogP contribution in [0.25, 0.3) is 0 Å². The summed E-state index contributed by atoms with van der Waals surface area (Å²) in [5, 5.41) is 2.93. The van der Waals surface area contributed by atoms with E-state index in [1.54, 1.807) is 0 Å². The van der Waals surface area contributed by atoms with Gasteiger partial charge in [-0.3, -0.25) is 19.3 Å². The molecule has 2 fully saturated rings. The van der Waals surface area contributed by atoms with Gasteiger partial charge in [-0.05, 0) is 37.5 Å². The van der Waals surface area contributed by atoms with Gasteiger partial charge in [0.05, 0.1) is 17.9 Å². The van der Waals surface area contributed by atoms with Crippen LogP contribution in [-0.4, -0.2) is 42.4 Å². The second kappa shape index (κ2) is 7.81. The summed E-state index contributed by atoms with van der Waals surface area (Å²) >= 11 is 0. The first-order valence-electron chi connectivity index (χ1n) is 10.1. The number of hydrogen-bond acceptors (Lipinski definition) is 5. The Morgan fingerprint density at radius 1 is 1.11 bits per heavy atom. The first-order chi connectivity index (χ1) is 13.5. The summed E-state index contributed by atoms with van der Waals surface area (Å²) in [4.78, 5) is 38.7. The van der Waals surface area contributed by atoms with Crippen molar-refractivity contribution in [3.8, 4) is 11.5 Å².